The van der Waals surface area contributed by atoms with Crippen LogP contribution in [0.5, 0.6) is 11.5 Å². The fraction of sp³-hybridized carbons (Fsp3) is 0.172. The van der Waals surface area contributed by atoms with Crippen LogP contribution in [0, 0.1) is 5.95 Å². The van der Waals surface area contributed by atoms with Gasteiger partial charge in [-0.05, 0) is 58.5 Å². The Bertz CT molecular complexity index is 1660. The number of imidazole rings is 1. The number of ether oxygens (including phenoxy) is 1. The number of hydrogen-bond acceptors (Lipinski definition) is 6. The Hall–Kier alpha value is -4.79. The molecule has 1 amide bonds. The molecule has 9 heteroatoms. The molecule has 8 nitrogen and oxygen atoms in total. The lowest BCUT2D eigenvalue weighted by atomic mass is 9.82. The largest absolute Gasteiger partial charge is 0.457 e. The van der Waals surface area contributed by atoms with E-state index in [1.54, 1.807) is 31.3 Å². The average Bonchev–Trinajstić information content (AvgIpc) is 3.29. The highest BCUT2D eigenvalue weighted by Crippen LogP contribution is 2.36. The SMILES string of the molecule is CNC(=O)c1cc(Oc2ccc3nc(Nc4ccc(C(C)(C)C)c(-c5ccnc(F)c5)c4)[nH]c3c2)ccn1.[HH].[HH].[HH]. The first kappa shape index (κ1) is 24.9. The van der Waals surface area contributed by atoms with Crippen LogP contribution in [-0.4, -0.2) is 32.9 Å². The molecular formula is C29H33FN6O2. The summed E-state index contributed by atoms with van der Waals surface area (Å²) < 4.78 is 19.9. The van der Waals surface area contributed by atoms with E-state index in [9.17, 15) is 9.18 Å². The fourth-order valence-electron chi connectivity index (χ4n) is 4.20. The van der Waals surface area contributed by atoms with E-state index in [2.05, 4.69) is 51.3 Å². The average molecular weight is 517 g/mol. The molecule has 0 aliphatic heterocycles. The van der Waals surface area contributed by atoms with Gasteiger partial charge in [0.1, 0.15) is 17.2 Å². The van der Waals surface area contributed by atoms with Gasteiger partial charge in [-0.1, -0.05) is 26.8 Å². The van der Waals surface area contributed by atoms with Gasteiger partial charge in [0.15, 0.2) is 0 Å². The lowest BCUT2D eigenvalue weighted by molar-refractivity contribution is 0.0958. The number of amides is 1. The van der Waals surface area contributed by atoms with E-state index >= 15 is 0 Å². The van der Waals surface area contributed by atoms with Crippen LogP contribution in [0.4, 0.5) is 16.0 Å². The Balaban J connectivity index is 0.00000196. The van der Waals surface area contributed by atoms with Gasteiger partial charge >= 0.3 is 0 Å². The molecule has 0 spiro atoms. The normalized spacial score (nSPS) is 11.4. The summed E-state index contributed by atoms with van der Waals surface area (Å²) in [6.45, 7) is 6.38. The van der Waals surface area contributed by atoms with Crippen LogP contribution < -0.4 is 15.4 Å². The summed E-state index contributed by atoms with van der Waals surface area (Å²) in [4.78, 5) is 27.5. The van der Waals surface area contributed by atoms with Crippen LogP contribution in [0.2, 0.25) is 0 Å². The number of carbonyl (C=O) groups is 1. The molecule has 0 aliphatic carbocycles. The summed E-state index contributed by atoms with van der Waals surface area (Å²) in [6.07, 6.45) is 3.00. The third-order valence-electron chi connectivity index (χ3n) is 6.01. The molecule has 0 radical (unpaired) electrons. The highest BCUT2D eigenvalue weighted by atomic mass is 19.1. The zero-order chi connectivity index (χ0) is 26.9. The van der Waals surface area contributed by atoms with Gasteiger partial charge < -0.3 is 20.4 Å². The van der Waals surface area contributed by atoms with Gasteiger partial charge in [-0.3, -0.25) is 9.78 Å². The van der Waals surface area contributed by atoms with Crippen LogP contribution in [0.25, 0.3) is 22.2 Å². The van der Waals surface area contributed by atoms with Crippen molar-refractivity contribution in [2.45, 2.75) is 26.2 Å². The van der Waals surface area contributed by atoms with Crippen LogP contribution in [0.15, 0.2) is 73.1 Å². The molecule has 198 valence electrons. The molecular weight excluding hydrogens is 483 g/mol. The number of pyridine rings is 2. The second-order valence-electron chi connectivity index (χ2n) is 9.82. The van der Waals surface area contributed by atoms with Crippen LogP contribution >= 0.6 is 0 Å². The van der Waals surface area contributed by atoms with Crippen molar-refractivity contribution in [3.05, 3.63) is 90.3 Å². The number of hydrogen-bond donors (Lipinski definition) is 3. The van der Waals surface area contributed by atoms with Gasteiger partial charge in [-0.2, -0.15) is 4.39 Å². The molecule has 2 aromatic carbocycles. The van der Waals surface area contributed by atoms with Crippen molar-refractivity contribution in [1.29, 1.82) is 0 Å². The molecule has 3 N–H and O–H groups in total. The summed E-state index contributed by atoms with van der Waals surface area (Å²) in [6, 6.07) is 18.0. The topological polar surface area (TPSA) is 105 Å². The van der Waals surface area contributed by atoms with E-state index in [4.69, 9.17) is 4.74 Å². The Kier molecular flexibility index (Phi) is 6.50. The fourth-order valence-corrected chi connectivity index (χ4v) is 4.20. The summed E-state index contributed by atoms with van der Waals surface area (Å²) in [5.74, 6) is 0.821. The van der Waals surface area contributed by atoms with Crippen molar-refractivity contribution < 1.29 is 18.2 Å². The summed E-state index contributed by atoms with van der Waals surface area (Å²) in [5, 5.41) is 5.87. The van der Waals surface area contributed by atoms with Gasteiger partial charge in [0, 0.05) is 47.6 Å². The van der Waals surface area contributed by atoms with Gasteiger partial charge in [-0.15, -0.1) is 0 Å². The first-order chi connectivity index (χ1) is 18.2. The Morgan fingerprint density at radius 2 is 1.76 bits per heavy atom. The third-order valence-corrected chi connectivity index (χ3v) is 6.01. The first-order valence-corrected chi connectivity index (χ1v) is 12.1. The predicted octanol–water partition coefficient (Wildman–Crippen LogP) is 7.09. The monoisotopic (exact) mass is 516 g/mol. The number of nitrogens with zero attached hydrogens (tertiary/aromatic N) is 3. The third kappa shape index (κ3) is 5.31. The smallest absolute Gasteiger partial charge is 0.269 e. The maximum absolute atomic E-state index is 13.9. The molecule has 0 atom stereocenters. The minimum absolute atomic E-state index is 0. The van der Waals surface area contributed by atoms with Crippen molar-refractivity contribution >= 4 is 28.6 Å². The number of rotatable bonds is 6. The first-order valence-electron chi connectivity index (χ1n) is 12.1. The highest BCUT2D eigenvalue weighted by Gasteiger charge is 2.20. The van der Waals surface area contributed by atoms with Crippen LogP contribution in [-0.2, 0) is 5.41 Å². The van der Waals surface area contributed by atoms with Crippen molar-refractivity contribution in [1.82, 2.24) is 25.3 Å². The second-order valence-corrected chi connectivity index (χ2v) is 9.82. The zero-order valence-electron chi connectivity index (χ0n) is 21.5. The summed E-state index contributed by atoms with van der Waals surface area (Å²) >= 11 is 0. The maximum atomic E-state index is 13.9. The molecule has 5 aromatic rings. The molecule has 0 fully saturated rings. The lowest BCUT2D eigenvalue weighted by Crippen LogP contribution is -2.18. The van der Waals surface area contributed by atoms with Gasteiger partial charge in [-0.25, -0.2) is 9.97 Å². The van der Waals surface area contributed by atoms with E-state index in [1.165, 1.54) is 18.5 Å². The van der Waals surface area contributed by atoms with Crippen LogP contribution in [0.3, 0.4) is 0 Å². The number of H-pyrrole nitrogens is 1. The number of benzene rings is 2. The molecule has 0 bridgehead atoms. The summed E-state index contributed by atoms with van der Waals surface area (Å²) in [5.41, 5.74) is 5.23. The van der Waals surface area contributed by atoms with Crippen LogP contribution in [0.1, 0.15) is 41.1 Å². The number of anilines is 2. The molecule has 0 unspecified atom stereocenters. The van der Waals surface area contributed by atoms with E-state index in [1.807, 2.05) is 30.3 Å². The predicted molar refractivity (Wildman–Crippen MR) is 152 cm³/mol. The molecule has 0 saturated heterocycles. The van der Waals surface area contributed by atoms with E-state index in [-0.39, 0.29) is 21.3 Å². The summed E-state index contributed by atoms with van der Waals surface area (Å²) in [7, 11) is 1.55. The van der Waals surface area contributed by atoms with E-state index in [0.717, 1.165) is 33.4 Å². The van der Waals surface area contributed by atoms with Gasteiger partial charge in [0.05, 0.1) is 11.0 Å². The van der Waals surface area contributed by atoms with Crippen molar-refractivity contribution in [3.63, 3.8) is 0 Å². The standard InChI is InChI=1S/C29H27FN6O2.3H2/c1-29(2,3)22-7-5-18(14-21(22)17-9-11-33-26(30)13-17)34-28-35-23-8-6-19(15-24(23)36-28)38-20-10-12-32-25(16-20)27(37)31-4;;;/h5-16H,1-4H3,(H,31,37)(H2,34,35,36);3*1H. The van der Waals surface area contributed by atoms with E-state index < -0.39 is 5.95 Å². The number of aromatic amines is 1. The van der Waals surface area contributed by atoms with E-state index in [0.29, 0.717) is 17.4 Å². The number of fused-ring (bicyclic) bond motifs is 1. The zero-order valence-corrected chi connectivity index (χ0v) is 21.5. The number of halogens is 1. The second kappa shape index (κ2) is 9.93. The molecule has 38 heavy (non-hydrogen) atoms. The molecule has 3 heterocycles. The Labute approximate surface area is 223 Å². The molecule has 3 aromatic heterocycles. The van der Waals surface area contributed by atoms with Crippen molar-refractivity contribution in [2.75, 3.05) is 12.4 Å². The Morgan fingerprint density at radius 1 is 0.974 bits per heavy atom. The Morgan fingerprint density at radius 3 is 2.53 bits per heavy atom. The highest BCUT2D eigenvalue weighted by molar-refractivity contribution is 5.92. The maximum Gasteiger partial charge on any atom is 0.269 e. The van der Waals surface area contributed by atoms with Crippen molar-refractivity contribution in [3.8, 4) is 22.6 Å². The minimum Gasteiger partial charge on any atom is -0.457 e. The number of nitrogens with one attached hydrogen (secondary N) is 3. The lowest BCUT2D eigenvalue weighted by Gasteiger charge is -2.24. The van der Waals surface area contributed by atoms with Gasteiger partial charge in [0.25, 0.3) is 5.91 Å². The number of carbonyl (C=O) groups excluding carboxylic acids is 1. The van der Waals surface area contributed by atoms with Gasteiger partial charge in [0.2, 0.25) is 11.9 Å². The molecule has 5 rings (SSSR count). The number of aromatic nitrogens is 4. The minimum atomic E-state index is -0.521. The molecule has 0 saturated carbocycles. The molecule has 0 aliphatic rings. The van der Waals surface area contributed by atoms with Crippen molar-refractivity contribution in [2.24, 2.45) is 0 Å². The quantitative estimate of drug-likeness (QED) is 0.208.